The van der Waals surface area contributed by atoms with Crippen LogP contribution in [0.25, 0.3) is 5.69 Å². The van der Waals surface area contributed by atoms with Gasteiger partial charge in [-0.05, 0) is 36.8 Å². The number of aromatic hydroxyl groups is 1. The van der Waals surface area contributed by atoms with Crippen LogP contribution in [-0.2, 0) is 4.79 Å². The molecule has 0 saturated carbocycles. The summed E-state index contributed by atoms with van der Waals surface area (Å²) in [5, 5.41) is 16.7. The van der Waals surface area contributed by atoms with Crippen molar-refractivity contribution in [1.82, 2.24) is 14.6 Å². The maximum Gasteiger partial charge on any atom is 0.335 e. The number of ether oxygens (including phenoxy) is 2. The summed E-state index contributed by atoms with van der Waals surface area (Å²) in [6.07, 6.45) is 0.161. The summed E-state index contributed by atoms with van der Waals surface area (Å²) in [4.78, 5) is 40.0. The first kappa shape index (κ1) is 22.8. The molecule has 176 valence electrons. The van der Waals surface area contributed by atoms with Gasteiger partial charge < -0.3 is 14.6 Å². The van der Waals surface area contributed by atoms with E-state index in [1.54, 1.807) is 36.4 Å². The van der Waals surface area contributed by atoms with E-state index in [-0.39, 0.29) is 29.3 Å². The van der Waals surface area contributed by atoms with Gasteiger partial charge in [0.25, 0.3) is 5.56 Å². The van der Waals surface area contributed by atoms with Crippen LogP contribution in [0.2, 0.25) is 0 Å². The van der Waals surface area contributed by atoms with Crippen LogP contribution in [0.3, 0.4) is 0 Å². The van der Waals surface area contributed by atoms with Gasteiger partial charge >= 0.3 is 5.69 Å². The van der Waals surface area contributed by atoms with Gasteiger partial charge in [0.2, 0.25) is 11.8 Å². The number of hydrogen-bond donors (Lipinski definition) is 2. The van der Waals surface area contributed by atoms with Crippen molar-refractivity contribution in [3.05, 3.63) is 80.5 Å². The Bertz CT molecular complexity index is 1370. The lowest BCUT2D eigenvalue weighted by atomic mass is 9.99. The highest BCUT2D eigenvalue weighted by Crippen LogP contribution is 2.35. The van der Waals surface area contributed by atoms with Gasteiger partial charge in [0.1, 0.15) is 17.1 Å². The predicted molar refractivity (Wildman–Crippen MR) is 125 cm³/mol. The zero-order chi connectivity index (χ0) is 24.4. The molecule has 1 amide bonds. The maximum absolute atomic E-state index is 12.8. The summed E-state index contributed by atoms with van der Waals surface area (Å²) in [6.45, 7) is 3.78. The second-order valence-corrected chi connectivity index (χ2v) is 7.60. The number of nitrogens with zero attached hydrogens (tertiary/aromatic N) is 3. The van der Waals surface area contributed by atoms with Gasteiger partial charge in [-0.3, -0.25) is 14.6 Å². The number of methoxy groups -OCH3 is 1. The number of para-hydroxylation sites is 2. The summed E-state index contributed by atoms with van der Waals surface area (Å²) in [5.41, 5.74) is -0.618. The molecule has 34 heavy (non-hydrogen) atoms. The maximum atomic E-state index is 12.8. The van der Waals surface area contributed by atoms with Crippen LogP contribution in [0.15, 0.2) is 63.2 Å². The van der Waals surface area contributed by atoms with E-state index in [1.807, 2.05) is 19.1 Å². The van der Waals surface area contributed by atoms with E-state index in [1.165, 1.54) is 19.0 Å². The van der Waals surface area contributed by atoms with Crippen LogP contribution in [0.4, 0.5) is 0 Å². The van der Waals surface area contributed by atoms with Gasteiger partial charge in [0.15, 0.2) is 0 Å². The van der Waals surface area contributed by atoms with Crippen LogP contribution in [0, 0.1) is 0 Å². The van der Waals surface area contributed by atoms with Gasteiger partial charge in [-0.15, -0.1) is 0 Å². The molecule has 1 atom stereocenters. The highest BCUT2D eigenvalue weighted by atomic mass is 16.5. The predicted octanol–water partition coefficient (Wildman–Crippen LogP) is 2.34. The molecule has 0 unspecified atom stereocenters. The fourth-order valence-corrected chi connectivity index (χ4v) is 3.99. The number of nitrogens with one attached hydrogen (secondary N) is 1. The molecule has 0 bridgehead atoms. The van der Waals surface area contributed by atoms with Gasteiger partial charge in [0.05, 0.1) is 31.2 Å². The topological polar surface area (TPSA) is 126 Å². The van der Waals surface area contributed by atoms with Gasteiger partial charge in [-0.25, -0.2) is 14.4 Å². The Morgan fingerprint density at radius 3 is 2.53 bits per heavy atom. The molecular formula is C24H24N4O6. The first-order valence-electron chi connectivity index (χ1n) is 10.7. The van der Waals surface area contributed by atoms with Crippen molar-refractivity contribution in [3.8, 4) is 23.1 Å². The minimum Gasteiger partial charge on any atom is -0.495 e. The fraction of sp³-hybridized carbons (Fsp3) is 0.250. The molecule has 3 aromatic rings. The van der Waals surface area contributed by atoms with Crippen molar-refractivity contribution in [2.24, 2.45) is 5.10 Å². The lowest BCUT2D eigenvalue weighted by Gasteiger charge is -2.20. The highest BCUT2D eigenvalue weighted by molar-refractivity contribution is 6.04. The standard InChI is InChI=1S/C24H24N4O6/c1-4-34-16-11-9-15(10-12-16)19-13-17(26-28(19)14(2)29)21-22(30)25-24(32)27(23(21)31)18-7-5-6-8-20(18)33-3/h5-12,19,31H,4,13H2,1-3H3,(H,25,30,32)/t19-/m1/s1. The number of aromatic nitrogens is 2. The Hall–Kier alpha value is -4.34. The van der Waals surface area contributed by atoms with Gasteiger partial charge in [0, 0.05) is 13.3 Å². The van der Waals surface area contributed by atoms with E-state index in [0.29, 0.717) is 18.1 Å². The molecule has 1 aliphatic rings. The second-order valence-electron chi connectivity index (χ2n) is 7.60. The summed E-state index contributed by atoms with van der Waals surface area (Å²) >= 11 is 0. The molecule has 2 aromatic carbocycles. The lowest BCUT2D eigenvalue weighted by molar-refractivity contribution is -0.130. The molecule has 1 aliphatic heterocycles. The van der Waals surface area contributed by atoms with E-state index in [4.69, 9.17) is 9.47 Å². The molecule has 0 aliphatic carbocycles. The number of hydrazone groups is 1. The highest BCUT2D eigenvalue weighted by Gasteiger charge is 2.34. The molecule has 0 fully saturated rings. The van der Waals surface area contributed by atoms with Crippen molar-refractivity contribution in [2.45, 2.75) is 26.3 Å². The Balaban J connectivity index is 1.80. The van der Waals surface area contributed by atoms with Crippen molar-refractivity contribution in [1.29, 1.82) is 0 Å². The minimum absolute atomic E-state index is 0.161. The first-order chi connectivity index (χ1) is 16.3. The average molecular weight is 464 g/mol. The van der Waals surface area contributed by atoms with E-state index in [0.717, 1.165) is 10.1 Å². The molecule has 4 rings (SSSR count). The number of hydrogen-bond acceptors (Lipinski definition) is 7. The summed E-state index contributed by atoms with van der Waals surface area (Å²) in [5.74, 6) is 0.0947. The van der Waals surface area contributed by atoms with Crippen molar-refractivity contribution >= 4 is 11.6 Å². The van der Waals surface area contributed by atoms with Crippen LogP contribution >= 0.6 is 0 Å². The normalized spacial score (nSPS) is 15.2. The number of aromatic amines is 1. The number of rotatable bonds is 6. The van der Waals surface area contributed by atoms with E-state index >= 15 is 0 Å². The van der Waals surface area contributed by atoms with E-state index < -0.39 is 23.2 Å². The SMILES string of the molecule is CCOc1ccc([C@H]2CC(c3c(O)n(-c4ccccc4OC)c(=O)[nH]c3=O)=NN2C(C)=O)cc1. The van der Waals surface area contributed by atoms with Gasteiger partial charge in [-0.2, -0.15) is 5.10 Å². The zero-order valence-corrected chi connectivity index (χ0v) is 18.9. The Morgan fingerprint density at radius 2 is 1.88 bits per heavy atom. The summed E-state index contributed by atoms with van der Waals surface area (Å²) in [7, 11) is 1.43. The lowest BCUT2D eigenvalue weighted by Crippen LogP contribution is -2.33. The van der Waals surface area contributed by atoms with Crippen LogP contribution in [-0.4, -0.2) is 45.0 Å². The third-order valence-corrected chi connectivity index (χ3v) is 5.51. The van der Waals surface area contributed by atoms with Crippen LogP contribution in [0.1, 0.15) is 37.4 Å². The number of carbonyl (C=O) groups excluding carboxylic acids is 1. The minimum atomic E-state index is -0.833. The summed E-state index contributed by atoms with van der Waals surface area (Å²) < 4.78 is 11.7. The molecule has 2 heterocycles. The van der Waals surface area contributed by atoms with Crippen LogP contribution < -0.4 is 20.7 Å². The molecule has 2 N–H and O–H groups in total. The van der Waals surface area contributed by atoms with Crippen molar-refractivity contribution < 1.29 is 19.4 Å². The van der Waals surface area contributed by atoms with Gasteiger partial charge in [-0.1, -0.05) is 24.3 Å². The molecule has 10 heteroatoms. The largest absolute Gasteiger partial charge is 0.495 e. The molecule has 0 spiro atoms. The third kappa shape index (κ3) is 4.05. The number of benzene rings is 2. The number of amides is 1. The van der Waals surface area contributed by atoms with Crippen LogP contribution in [0.5, 0.6) is 17.4 Å². The number of carbonyl (C=O) groups is 1. The molecule has 0 radical (unpaired) electrons. The molecular weight excluding hydrogens is 440 g/mol. The molecule has 0 saturated heterocycles. The molecule has 1 aromatic heterocycles. The van der Waals surface area contributed by atoms with Crippen molar-refractivity contribution in [2.75, 3.05) is 13.7 Å². The third-order valence-electron chi connectivity index (χ3n) is 5.51. The average Bonchev–Trinajstić information content (AvgIpc) is 3.25. The monoisotopic (exact) mass is 464 g/mol. The zero-order valence-electron chi connectivity index (χ0n) is 18.9. The Labute approximate surface area is 194 Å². The molecule has 10 nitrogen and oxygen atoms in total. The fourth-order valence-electron chi connectivity index (χ4n) is 3.99. The second kappa shape index (κ2) is 9.26. The first-order valence-corrected chi connectivity index (χ1v) is 10.7. The Morgan fingerprint density at radius 1 is 1.18 bits per heavy atom. The smallest absolute Gasteiger partial charge is 0.335 e. The quantitative estimate of drug-likeness (QED) is 0.577. The summed E-state index contributed by atoms with van der Waals surface area (Å²) in [6, 6.07) is 13.3. The van der Waals surface area contributed by atoms with E-state index in [9.17, 15) is 19.5 Å². The number of H-pyrrole nitrogens is 1. The van der Waals surface area contributed by atoms with E-state index in [2.05, 4.69) is 10.1 Å². The van der Waals surface area contributed by atoms with Crippen molar-refractivity contribution in [3.63, 3.8) is 0 Å². The Kier molecular flexibility index (Phi) is 6.22.